The molecule has 1 aliphatic carbocycles. The van der Waals surface area contributed by atoms with Gasteiger partial charge in [-0.15, -0.1) is 11.8 Å². The number of hydrogen-bond acceptors (Lipinski definition) is 4. The van der Waals surface area contributed by atoms with Crippen molar-refractivity contribution in [3.05, 3.63) is 59.7 Å². The van der Waals surface area contributed by atoms with E-state index in [4.69, 9.17) is 5.26 Å². The Balaban J connectivity index is 1.38. The van der Waals surface area contributed by atoms with Crippen LogP contribution in [0.3, 0.4) is 0 Å². The van der Waals surface area contributed by atoms with Crippen LogP contribution in [0.15, 0.2) is 53.4 Å². The minimum atomic E-state index is -0.162. The molecule has 0 radical (unpaired) electrons. The second-order valence-corrected chi connectivity index (χ2v) is 9.39. The first-order valence-corrected chi connectivity index (χ1v) is 11.9. The van der Waals surface area contributed by atoms with Crippen molar-refractivity contribution in [1.29, 1.82) is 5.26 Å². The van der Waals surface area contributed by atoms with E-state index in [0.29, 0.717) is 22.7 Å². The Morgan fingerprint density at radius 2 is 1.87 bits per heavy atom. The molecule has 1 N–H and O–H groups in total. The van der Waals surface area contributed by atoms with Crippen LogP contribution in [0.5, 0.6) is 0 Å². The summed E-state index contributed by atoms with van der Waals surface area (Å²) < 4.78 is 0. The maximum absolute atomic E-state index is 13.3. The van der Waals surface area contributed by atoms with Crippen molar-refractivity contribution in [3.63, 3.8) is 0 Å². The monoisotopic (exact) mass is 433 g/mol. The van der Waals surface area contributed by atoms with Gasteiger partial charge in [-0.1, -0.05) is 37.5 Å². The number of nitrogens with zero attached hydrogens (tertiary/aromatic N) is 2. The molecular weight excluding hydrogens is 406 g/mol. The molecule has 6 heteroatoms. The Hall–Kier alpha value is -2.78. The number of thioether (sulfide) groups is 1. The first kappa shape index (κ1) is 21.5. The number of benzene rings is 2. The van der Waals surface area contributed by atoms with Crippen LogP contribution in [0, 0.1) is 23.2 Å². The van der Waals surface area contributed by atoms with E-state index in [1.807, 2.05) is 29.2 Å². The van der Waals surface area contributed by atoms with Crippen LogP contribution in [0.2, 0.25) is 0 Å². The van der Waals surface area contributed by atoms with Crippen LogP contribution in [-0.2, 0) is 4.79 Å². The van der Waals surface area contributed by atoms with Gasteiger partial charge in [0.25, 0.3) is 5.91 Å². The summed E-state index contributed by atoms with van der Waals surface area (Å²) in [5, 5.41) is 11.8. The first-order valence-electron chi connectivity index (χ1n) is 10.9. The van der Waals surface area contributed by atoms with Crippen molar-refractivity contribution in [2.75, 3.05) is 24.2 Å². The number of rotatable bonds is 5. The molecule has 2 atom stereocenters. The highest BCUT2D eigenvalue weighted by Crippen LogP contribution is 2.37. The number of amides is 2. The Kier molecular flexibility index (Phi) is 6.93. The van der Waals surface area contributed by atoms with Gasteiger partial charge in [-0.2, -0.15) is 5.26 Å². The number of likely N-dealkylation sites (tertiary alicyclic amines) is 1. The molecule has 2 amide bonds. The van der Waals surface area contributed by atoms with E-state index in [-0.39, 0.29) is 17.6 Å². The highest BCUT2D eigenvalue weighted by atomic mass is 32.2. The van der Waals surface area contributed by atoms with E-state index in [2.05, 4.69) is 11.4 Å². The summed E-state index contributed by atoms with van der Waals surface area (Å²) in [6.45, 7) is 1.69. The Bertz CT molecular complexity index is 1000. The van der Waals surface area contributed by atoms with E-state index < -0.39 is 0 Å². The van der Waals surface area contributed by atoms with Gasteiger partial charge in [0.2, 0.25) is 5.91 Å². The Morgan fingerprint density at radius 1 is 1.06 bits per heavy atom. The standard InChI is InChI=1S/C25H27N3O2S/c26-15-18-6-5-9-21(14-18)27-24(29)17-31-23-11-4-3-10-22(23)25(30)28-13-12-19-7-1-2-8-20(19)16-28/h3-6,9-11,14,19-20H,1-2,7-8,12-13,16-17H2,(H,27,29)/t19-,20-/m0/s1. The van der Waals surface area contributed by atoms with E-state index in [1.54, 1.807) is 24.3 Å². The zero-order valence-corrected chi connectivity index (χ0v) is 18.4. The maximum Gasteiger partial charge on any atom is 0.254 e. The minimum absolute atomic E-state index is 0.0780. The van der Waals surface area contributed by atoms with Gasteiger partial charge in [0.1, 0.15) is 0 Å². The Labute approximate surface area is 187 Å². The average molecular weight is 434 g/mol. The fourth-order valence-electron chi connectivity index (χ4n) is 4.73. The minimum Gasteiger partial charge on any atom is -0.338 e. The quantitative estimate of drug-likeness (QED) is 0.678. The lowest BCUT2D eigenvalue weighted by Crippen LogP contribution is -2.44. The summed E-state index contributed by atoms with van der Waals surface area (Å²) in [5.41, 5.74) is 1.79. The highest BCUT2D eigenvalue weighted by molar-refractivity contribution is 8.00. The molecule has 31 heavy (non-hydrogen) atoms. The van der Waals surface area contributed by atoms with Gasteiger partial charge in [0, 0.05) is 23.7 Å². The largest absolute Gasteiger partial charge is 0.338 e. The summed E-state index contributed by atoms with van der Waals surface area (Å²) >= 11 is 1.37. The van der Waals surface area contributed by atoms with Crippen LogP contribution < -0.4 is 5.32 Å². The molecule has 2 aromatic carbocycles. The number of fused-ring (bicyclic) bond motifs is 1. The Morgan fingerprint density at radius 3 is 2.71 bits per heavy atom. The molecular formula is C25H27N3O2S. The summed E-state index contributed by atoms with van der Waals surface area (Å²) in [4.78, 5) is 28.5. The smallest absolute Gasteiger partial charge is 0.254 e. The second kappa shape index (κ2) is 10.0. The SMILES string of the molecule is N#Cc1cccc(NC(=O)CSc2ccccc2C(=O)N2CC[C@@H]3CCCC[C@H]3C2)c1. The van der Waals surface area contributed by atoms with Crippen molar-refractivity contribution < 1.29 is 9.59 Å². The summed E-state index contributed by atoms with van der Waals surface area (Å²) in [7, 11) is 0. The summed E-state index contributed by atoms with van der Waals surface area (Å²) in [6, 6.07) is 16.5. The molecule has 2 aliphatic rings. The van der Waals surface area contributed by atoms with Crippen LogP contribution in [-0.4, -0.2) is 35.6 Å². The van der Waals surface area contributed by atoms with Crippen LogP contribution >= 0.6 is 11.8 Å². The zero-order chi connectivity index (χ0) is 21.6. The molecule has 1 saturated heterocycles. The molecule has 2 fully saturated rings. The number of nitrogens with one attached hydrogen (secondary N) is 1. The van der Waals surface area contributed by atoms with Gasteiger partial charge >= 0.3 is 0 Å². The van der Waals surface area contributed by atoms with Gasteiger partial charge in [-0.3, -0.25) is 9.59 Å². The molecule has 0 spiro atoms. The molecule has 160 valence electrons. The fourth-order valence-corrected chi connectivity index (χ4v) is 5.58. The summed E-state index contributed by atoms with van der Waals surface area (Å²) in [5.74, 6) is 1.54. The van der Waals surface area contributed by atoms with Gasteiger partial charge in [-0.05, 0) is 55.0 Å². The van der Waals surface area contributed by atoms with Crippen molar-refractivity contribution in [2.45, 2.75) is 37.0 Å². The van der Waals surface area contributed by atoms with Gasteiger partial charge in [0.05, 0.1) is 22.9 Å². The maximum atomic E-state index is 13.3. The molecule has 1 aliphatic heterocycles. The number of piperidine rings is 1. The number of anilines is 1. The third kappa shape index (κ3) is 5.29. The van der Waals surface area contributed by atoms with Crippen LogP contribution in [0.1, 0.15) is 48.0 Å². The lowest BCUT2D eigenvalue weighted by Gasteiger charge is -2.41. The molecule has 0 bridgehead atoms. The third-order valence-corrected chi connectivity index (χ3v) is 7.40. The lowest BCUT2D eigenvalue weighted by atomic mass is 9.75. The third-order valence-electron chi connectivity index (χ3n) is 6.33. The van der Waals surface area contributed by atoms with Crippen molar-refractivity contribution >= 4 is 29.3 Å². The number of carbonyl (C=O) groups is 2. The van der Waals surface area contributed by atoms with E-state index in [9.17, 15) is 9.59 Å². The summed E-state index contributed by atoms with van der Waals surface area (Å²) in [6.07, 6.45) is 6.26. The topological polar surface area (TPSA) is 73.2 Å². The fraction of sp³-hybridized carbons (Fsp3) is 0.400. The second-order valence-electron chi connectivity index (χ2n) is 8.37. The molecule has 0 unspecified atom stereocenters. The highest BCUT2D eigenvalue weighted by Gasteiger charge is 2.33. The van der Waals surface area contributed by atoms with E-state index in [1.165, 1.54) is 37.4 Å². The lowest BCUT2D eigenvalue weighted by molar-refractivity contribution is -0.113. The first-order chi connectivity index (χ1) is 15.1. The average Bonchev–Trinajstić information content (AvgIpc) is 2.82. The molecule has 1 saturated carbocycles. The van der Waals surface area contributed by atoms with Crippen molar-refractivity contribution in [2.24, 2.45) is 11.8 Å². The predicted octanol–water partition coefficient (Wildman–Crippen LogP) is 4.94. The molecule has 0 aromatic heterocycles. The zero-order valence-electron chi connectivity index (χ0n) is 17.5. The van der Waals surface area contributed by atoms with Crippen LogP contribution in [0.25, 0.3) is 0 Å². The van der Waals surface area contributed by atoms with Crippen molar-refractivity contribution in [1.82, 2.24) is 4.90 Å². The number of hydrogen-bond donors (Lipinski definition) is 1. The van der Waals surface area contributed by atoms with Gasteiger partial charge < -0.3 is 10.2 Å². The van der Waals surface area contributed by atoms with Gasteiger partial charge in [-0.25, -0.2) is 0 Å². The number of carbonyl (C=O) groups excluding carboxylic acids is 2. The molecule has 4 rings (SSSR count). The predicted molar refractivity (Wildman–Crippen MR) is 123 cm³/mol. The molecule has 2 aromatic rings. The molecule has 5 nitrogen and oxygen atoms in total. The van der Waals surface area contributed by atoms with Gasteiger partial charge in [0.15, 0.2) is 0 Å². The number of nitriles is 1. The van der Waals surface area contributed by atoms with E-state index >= 15 is 0 Å². The van der Waals surface area contributed by atoms with Crippen LogP contribution in [0.4, 0.5) is 5.69 Å². The van der Waals surface area contributed by atoms with E-state index in [0.717, 1.165) is 30.3 Å². The molecule has 1 heterocycles. The van der Waals surface area contributed by atoms with Crippen molar-refractivity contribution in [3.8, 4) is 6.07 Å². The normalized spacial score (nSPS) is 20.4.